The number of nitrogens with two attached hydrogens (primary N) is 1. The first-order valence-electron chi connectivity index (χ1n) is 10.5. The minimum Gasteiger partial charge on any atom is -0.388 e. The molecule has 0 saturated carbocycles. The lowest BCUT2D eigenvalue weighted by Crippen LogP contribution is -2.28. The molecule has 0 aliphatic carbocycles. The molecule has 3 rings (SSSR count). The predicted molar refractivity (Wildman–Crippen MR) is 136 cm³/mol. The first-order valence-corrected chi connectivity index (χ1v) is 11.3. The van der Waals surface area contributed by atoms with Crippen LogP contribution < -0.4 is 27.0 Å². The van der Waals surface area contributed by atoms with Crippen molar-refractivity contribution < 1.29 is 19.2 Å². The number of aryl methyl sites for hydroxylation is 2. The number of carbonyl (C=O) groups is 4. The molecule has 8 N–H and O–H groups in total. The number of hydrogen-bond acceptors (Lipinski definition) is 8. The Balaban J connectivity index is 1.63. The highest BCUT2D eigenvalue weighted by Crippen LogP contribution is 2.16. The van der Waals surface area contributed by atoms with Crippen LogP contribution in [-0.4, -0.2) is 65.5 Å². The van der Waals surface area contributed by atoms with Crippen LogP contribution in [0.5, 0.6) is 0 Å². The van der Waals surface area contributed by atoms with E-state index in [1.165, 1.54) is 28.4 Å². The molecule has 3 aromatic heterocycles. The Morgan fingerprint density at radius 3 is 2.51 bits per heavy atom. The Bertz CT molecular complexity index is 1400. The van der Waals surface area contributed by atoms with Crippen LogP contribution in [0.3, 0.4) is 0 Å². The Hall–Kier alpha value is -4.80. The van der Waals surface area contributed by atoms with E-state index < -0.39 is 17.7 Å². The molecule has 4 amide bonds. The fourth-order valence-corrected chi connectivity index (χ4v) is 3.06. The van der Waals surface area contributed by atoms with Gasteiger partial charge in [-0.1, -0.05) is 6.58 Å². The number of rotatable bonds is 10. The Morgan fingerprint density at radius 2 is 1.84 bits per heavy atom. The molecule has 3 heterocycles. The van der Waals surface area contributed by atoms with Gasteiger partial charge in [-0.05, 0) is 22.0 Å². The second-order valence-electron chi connectivity index (χ2n) is 7.57. The quantitative estimate of drug-likeness (QED) is 0.101. The molecule has 194 valence electrons. The van der Waals surface area contributed by atoms with Gasteiger partial charge >= 0.3 is 0 Å². The predicted octanol–water partition coefficient (Wildman–Crippen LogP) is 0.284. The van der Waals surface area contributed by atoms with Crippen LogP contribution in [0.4, 0.5) is 17.5 Å². The minimum absolute atomic E-state index is 0.0390. The van der Waals surface area contributed by atoms with Gasteiger partial charge < -0.3 is 26.3 Å². The van der Waals surface area contributed by atoms with Crippen molar-refractivity contribution in [2.75, 3.05) is 22.5 Å². The molecule has 16 nitrogen and oxygen atoms in total. The summed E-state index contributed by atoms with van der Waals surface area (Å²) in [4.78, 5) is 53.0. The number of aromatic nitrogens is 6. The summed E-state index contributed by atoms with van der Waals surface area (Å²) in [5, 5.41) is 27.5. The fraction of sp³-hybridized carbons (Fsp3) is 0.200. The summed E-state index contributed by atoms with van der Waals surface area (Å²) in [6, 6.07) is 2.84. The normalized spacial score (nSPS) is 10.5. The Labute approximate surface area is 217 Å². The average molecular weight is 575 g/mol. The van der Waals surface area contributed by atoms with E-state index in [1.54, 1.807) is 13.2 Å². The van der Waals surface area contributed by atoms with Crippen molar-refractivity contribution in [1.82, 2.24) is 34.8 Å². The molecule has 0 spiro atoms. The van der Waals surface area contributed by atoms with E-state index in [0.717, 1.165) is 0 Å². The van der Waals surface area contributed by atoms with Crippen molar-refractivity contribution in [3.8, 4) is 0 Å². The third-order valence-electron chi connectivity index (χ3n) is 4.70. The first kappa shape index (κ1) is 26.8. The number of hydrogen-bond donors (Lipinski definition) is 7. The minimum atomic E-state index is -0.709. The highest BCUT2D eigenvalue weighted by Gasteiger charge is 2.20. The number of aromatic amines is 1. The maximum absolute atomic E-state index is 12.8. The number of anilines is 3. The summed E-state index contributed by atoms with van der Waals surface area (Å²) in [5.41, 5.74) is 6.05. The lowest BCUT2D eigenvalue weighted by molar-refractivity contribution is -0.112. The highest BCUT2D eigenvalue weighted by atomic mass is 79.9. The maximum atomic E-state index is 12.8. The molecule has 0 aliphatic heterocycles. The molecule has 0 bridgehead atoms. The number of amides is 4. The largest absolute Gasteiger partial charge is 0.388 e. The van der Waals surface area contributed by atoms with E-state index >= 15 is 0 Å². The van der Waals surface area contributed by atoms with E-state index in [4.69, 9.17) is 11.1 Å². The lowest BCUT2D eigenvalue weighted by atomic mass is 10.3. The molecule has 0 saturated heterocycles. The van der Waals surface area contributed by atoms with E-state index in [2.05, 4.69) is 64.1 Å². The van der Waals surface area contributed by atoms with E-state index in [1.807, 2.05) is 0 Å². The van der Waals surface area contributed by atoms with Gasteiger partial charge in [0.2, 0.25) is 11.8 Å². The van der Waals surface area contributed by atoms with Gasteiger partial charge in [0.25, 0.3) is 23.6 Å². The van der Waals surface area contributed by atoms with Crippen LogP contribution in [0, 0.1) is 5.41 Å². The van der Waals surface area contributed by atoms with Crippen molar-refractivity contribution >= 4 is 62.8 Å². The zero-order valence-electron chi connectivity index (χ0n) is 19.7. The van der Waals surface area contributed by atoms with Crippen molar-refractivity contribution in [2.45, 2.75) is 6.42 Å². The second kappa shape index (κ2) is 11.3. The summed E-state index contributed by atoms with van der Waals surface area (Å²) >= 11 is 2.92. The van der Waals surface area contributed by atoms with Crippen LogP contribution in [0.25, 0.3) is 0 Å². The molecule has 0 aliphatic rings. The second-order valence-corrected chi connectivity index (χ2v) is 8.53. The molecule has 0 atom stereocenters. The number of amidine groups is 1. The lowest BCUT2D eigenvalue weighted by Gasteiger charge is -2.04. The number of nitrogens with one attached hydrogen (secondary N) is 6. The summed E-state index contributed by atoms with van der Waals surface area (Å²) < 4.78 is 2.86. The van der Waals surface area contributed by atoms with Crippen LogP contribution >= 0.6 is 15.9 Å². The number of halogens is 1. The van der Waals surface area contributed by atoms with E-state index in [9.17, 15) is 19.2 Å². The average Bonchev–Trinajstić information content (AvgIpc) is 3.52. The molecule has 3 aromatic rings. The van der Waals surface area contributed by atoms with Gasteiger partial charge in [0.1, 0.15) is 11.4 Å². The standard InChI is InChI=1S/C20H23BrN12O4/c1-9(21)16(34)28-20-27-15(29-30-20)19(37)26-14-7-12(33(3)31-14)18(36)25-10-6-11(32(2)8-10)17(35)24-5-4-13(22)23/h6-8H,1,4-5H2,2-3H3,(H3,22,23)(H,24,35)(H,25,36)(H,26,31,37)(H2,27,28,29,30,34). The summed E-state index contributed by atoms with van der Waals surface area (Å²) in [6.45, 7) is 3.63. The SMILES string of the molecule is C=C(Br)C(=O)Nc1n[nH]c(C(=O)Nc2cc(C(=O)Nc3cc(C(=O)NCCC(=N)N)n(C)c3)n(C)n2)n1. The topological polar surface area (TPSA) is 231 Å². The third kappa shape index (κ3) is 6.88. The first-order chi connectivity index (χ1) is 17.4. The zero-order valence-corrected chi connectivity index (χ0v) is 21.3. The highest BCUT2D eigenvalue weighted by molar-refractivity contribution is 9.12. The molecule has 0 radical (unpaired) electrons. The monoisotopic (exact) mass is 574 g/mol. The van der Waals surface area contributed by atoms with Gasteiger partial charge in [-0.2, -0.15) is 10.1 Å². The third-order valence-corrected chi connectivity index (χ3v) is 5.06. The van der Waals surface area contributed by atoms with Crippen molar-refractivity contribution in [1.29, 1.82) is 5.41 Å². The summed E-state index contributed by atoms with van der Waals surface area (Å²) in [7, 11) is 3.16. The summed E-state index contributed by atoms with van der Waals surface area (Å²) in [5.74, 6) is -2.52. The molecule has 0 aromatic carbocycles. The van der Waals surface area contributed by atoms with E-state index in [0.29, 0.717) is 11.4 Å². The molecule has 0 fully saturated rings. The number of H-pyrrole nitrogens is 1. The van der Waals surface area contributed by atoms with Gasteiger partial charge in [0.05, 0.1) is 16.0 Å². The molecule has 17 heteroatoms. The Morgan fingerprint density at radius 1 is 1.11 bits per heavy atom. The van der Waals surface area contributed by atoms with Crippen LogP contribution in [0.2, 0.25) is 0 Å². The van der Waals surface area contributed by atoms with Gasteiger partial charge in [-0.3, -0.25) is 39.7 Å². The Kier molecular flexibility index (Phi) is 8.18. The van der Waals surface area contributed by atoms with Gasteiger partial charge in [-0.15, -0.1) is 5.10 Å². The van der Waals surface area contributed by atoms with Gasteiger partial charge in [0.15, 0.2) is 5.82 Å². The van der Waals surface area contributed by atoms with Crippen molar-refractivity contribution in [3.05, 3.63) is 46.6 Å². The molecule has 37 heavy (non-hydrogen) atoms. The molecule has 0 unspecified atom stereocenters. The van der Waals surface area contributed by atoms with Crippen LogP contribution in [0.1, 0.15) is 38.0 Å². The zero-order chi connectivity index (χ0) is 27.3. The van der Waals surface area contributed by atoms with Crippen molar-refractivity contribution in [3.63, 3.8) is 0 Å². The summed E-state index contributed by atoms with van der Waals surface area (Å²) in [6.07, 6.45) is 1.78. The van der Waals surface area contributed by atoms with Gasteiger partial charge in [-0.25, -0.2) is 0 Å². The van der Waals surface area contributed by atoms with E-state index in [-0.39, 0.29) is 52.5 Å². The number of nitrogens with zero attached hydrogens (tertiary/aromatic N) is 5. The van der Waals surface area contributed by atoms with Gasteiger partial charge in [0, 0.05) is 39.3 Å². The number of carbonyl (C=O) groups excluding carboxylic acids is 4. The fourth-order valence-electron chi connectivity index (χ4n) is 2.96. The molecular formula is C20H23BrN12O4. The van der Waals surface area contributed by atoms with Crippen LogP contribution in [-0.2, 0) is 18.9 Å². The smallest absolute Gasteiger partial charge is 0.294 e. The van der Waals surface area contributed by atoms with Crippen LogP contribution in [0.15, 0.2) is 29.4 Å². The maximum Gasteiger partial charge on any atom is 0.294 e. The van der Waals surface area contributed by atoms with Crippen molar-refractivity contribution in [2.24, 2.45) is 19.8 Å². The molecular weight excluding hydrogens is 552 g/mol.